The van der Waals surface area contributed by atoms with Gasteiger partial charge in [0, 0.05) is 13.1 Å². The molecule has 0 aromatic rings. The molecule has 3 N–H and O–H groups in total. The fourth-order valence-corrected chi connectivity index (χ4v) is 2.09. The largest absolute Gasteiger partial charge is 0.480 e. The molecule has 98 valence electrons. The molecule has 6 nitrogen and oxygen atoms in total. The number of aliphatic hydroxyl groups is 1. The predicted octanol–water partition coefficient (Wildman–Crippen LogP) is 0.263. The van der Waals surface area contributed by atoms with Crippen molar-refractivity contribution in [1.29, 1.82) is 0 Å². The Morgan fingerprint density at radius 3 is 2.76 bits per heavy atom. The quantitative estimate of drug-likeness (QED) is 0.647. The van der Waals surface area contributed by atoms with Gasteiger partial charge in [-0.25, -0.2) is 9.59 Å². The van der Waals surface area contributed by atoms with E-state index in [4.69, 9.17) is 10.2 Å². The van der Waals surface area contributed by atoms with Crippen LogP contribution in [0.5, 0.6) is 0 Å². The van der Waals surface area contributed by atoms with Crippen molar-refractivity contribution in [2.75, 3.05) is 19.7 Å². The summed E-state index contributed by atoms with van der Waals surface area (Å²) in [4.78, 5) is 24.0. The second-order valence-corrected chi connectivity index (χ2v) is 4.41. The molecule has 1 aliphatic rings. The SMILES string of the molecule is CCCC1CCN(C(=O)N[C@@H](CO)C(=O)O)C1. The number of rotatable bonds is 5. The number of hydrogen-bond acceptors (Lipinski definition) is 3. The highest BCUT2D eigenvalue weighted by molar-refractivity contribution is 5.82. The minimum atomic E-state index is -1.22. The van der Waals surface area contributed by atoms with Crippen LogP contribution in [0.2, 0.25) is 0 Å². The molecule has 1 aliphatic heterocycles. The van der Waals surface area contributed by atoms with Crippen LogP contribution in [0, 0.1) is 5.92 Å². The van der Waals surface area contributed by atoms with Crippen molar-refractivity contribution in [3.05, 3.63) is 0 Å². The smallest absolute Gasteiger partial charge is 0.328 e. The summed E-state index contributed by atoms with van der Waals surface area (Å²) >= 11 is 0. The number of carboxylic acid groups (broad SMARTS) is 1. The number of nitrogens with one attached hydrogen (secondary N) is 1. The molecule has 0 spiro atoms. The average molecular weight is 244 g/mol. The van der Waals surface area contributed by atoms with Crippen LogP contribution >= 0.6 is 0 Å². The lowest BCUT2D eigenvalue weighted by Gasteiger charge is -2.20. The zero-order valence-corrected chi connectivity index (χ0v) is 10.1. The Balaban J connectivity index is 2.41. The normalized spacial score (nSPS) is 21.3. The Morgan fingerprint density at radius 1 is 1.53 bits per heavy atom. The fraction of sp³-hybridized carbons (Fsp3) is 0.818. The molecule has 6 heteroatoms. The number of urea groups is 1. The molecule has 0 aliphatic carbocycles. The third kappa shape index (κ3) is 3.89. The first kappa shape index (κ1) is 13.8. The van der Waals surface area contributed by atoms with Crippen LogP contribution in [0.1, 0.15) is 26.2 Å². The van der Waals surface area contributed by atoms with Crippen molar-refractivity contribution in [2.45, 2.75) is 32.2 Å². The zero-order valence-electron chi connectivity index (χ0n) is 10.1. The number of nitrogens with zero attached hydrogens (tertiary/aromatic N) is 1. The molecule has 0 aromatic heterocycles. The Labute approximate surface area is 101 Å². The molecule has 0 radical (unpaired) electrons. The van der Waals surface area contributed by atoms with E-state index in [0.717, 1.165) is 19.3 Å². The van der Waals surface area contributed by atoms with Crippen molar-refractivity contribution in [3.63, 3.8) is 0 Å². The Morgan fingerprint density at radius 2 is 2.24 bits per heavy atom. The van der Waals surface area contributed by atoms with Crippen molar-refractivity contribution in [1.82, 2.24) is 10.2 Å². The Kier molecular flexibility index (Phi) is 5.21. The standard InChI is InChI=1S/C11H20N2O4/c1-2-3-8-4-5-13(6-8)11(17)12-9(7-14)10(15)16/h8-9,14H,2-7H2,1H3,(H,12,17)(H,15,16)/t8?,9-/m0/s1. The van der Waals surface area contributed by atoms with Gasteiger partial charge in [0.2, 0.25) is 0 Å². The van der Waals surface area contributed by atoms with Gasteiger partial charge in [0.1, 0.15) is 0 Å². The van der Waals surface area contributed by atoms with Gasteiger partial charge in [0.05, 0.1) is 6.61 Å². The number of carboxylic acids is 1. The van der Waals surface area contributed by atoms with E-state index in [9.17, 15) is 9.59 Å². The number of carbonyl (C=O) groups is 2. The molecular formula is C11H20N2O4. The number of amides is 2. The second-order valence-electron chi connectivity index (χ2n) is 4.41. The topological polar surface area (TPSA) is 89.9 Å². The molecule has 1 unspecified atom stereocenters. The van der Waals surface area contributed by atoms with Gasteiger partial charge in [0.25, 0.3) is 0 Å². The molecule has 0 saturated carbocycles. The van der Waals surface area contributed by atoms with Crippen LogP contribution in [0.3, 0.4) is 0 Å². The number of aliphatic carboxylic acids is 1. The highest BCUT2D eigenvalue weighted by Crippen LogP contribution is 2.20. The van der Waals surface area contributed by atoms with Crippen molar-refractivity contribution in [3.8, 4) is 0 Å². The maximum atomic E-state index is 11.7. The van der Waals surface area contributed by atoms with Crippen molar-refractivity contribution < 1.29 is 19.8 Å². The van der Waals surface area contributed by atoms with E-state index in [2.05, 4.69) is 12.2 Å². The van der Waals surface area contributed by atoms with Gasteiger partial charge in [-0.15, -0.1) is 0 Å². The molecule has 0 aromatic carbocycles. The number of likely N-dealkylation sites (tertiary alicyclic amines) is 1. The van der Waals surface area contributed by atoms with Gasteiger partial charge in [-0.2, -0.15) is 0 Å². The first-order chi connectivity index (χ1) is 8.08. The third-order valence-electron chi connectivity index (χ3n) is 3.05. The third-order valence-corrected chi connectivity index (χ3v) is 3.05. The summed E-state index contributed by atoms with van der Waals surface area (Å²) in [6.07, 6.45) is 3.15. The van der Waals surface area contributed by atoms with Crippen LogP contribution in [-0.2, 0) is 4.79 Å². The number of carbonyl (C=O) groups excluding carboxylic acids is 1. The fourth-order valence-electron chi connectivity index (χ4n) is 2.09. The first-order valence-corrected chi connectivity index (χ1v) is 5.97. The molecule has 1 fully saturated rings. The van der Waals surface area contributed by atoms with Gasteiger partial charge < -0.3 is 20.4 Å². The first-order valence-electron chi connectivity index (χ1n) is 5.97. The molecule has 1 rings (SSSR count). The molecular weight excluding hydrogens is 224 g/mol. The highest BCUT2D eigenvalue weighted by Gasteiger charge is 2.28. The number of aliphatic hydroxyl groups excluding tert-OH is 1. The lowest BCUT2D eigenvalue weighted by Crippen LogP contribution is -2.48. The summed E-state index contributed by atoms with van der Waals surface area (Å²) in [6, 6.07) is -1.61. The van der Waals surface area contributed by atoms with E-state index in [-0.39, 0.29) is 0 Å². The summed E-state index contributed by atoms with van der Waals surface area (Å²) in [6.45, 7) is 2.86. The van der Waals surface area contributed by atoms with Crippen molar-refractivity contribution >= 4 is 12.0 Å². The summed E-state index contributed by atoms with van der Waals surface area (Å²) in [5.41, 5.74) is 0. The molecule has 0 bridgehead atoms. The minimum Gasteiger partial charge on any atom is -0.480 e. The van der Waals surface area contributed by atoms with E-state index in [1.165, 1.54) is 0 Å². The van der Waals surface area contributed by atoms with E-state index in [1.54, 1.807) is 4.90 Å². The monoisotopic (exact) mass is 244 g/mol. The lowest BCUT2D eigenvalue weighted by atomic mass is 10.0. The summed E-state index contributed by atoms with van der Waals surface area (Å²) in [5, 5.41) is 19.8. The summed E-state index contributed by atoms with van der Waals surface area (Å²) in [7, 11) is 0. The molecule has 2 atom stereocenters. The number of hydrogen-bond donors (Lipinski definition) is 3. The van der Waals surface area contributed by atoms with Crippen molar-refractivity contribution in [2.24, 2.45) is 5.92 Å². The predicted molar refractivity (Wildman–Crippen MR) is 61.6 cm³/mol. The van der Waals surface area contributed by atoms with Gasteiger partial charge in [0.15, 0.2) is 6.04 Å². The molecule has 1 heterocycles. The zero-order chi connectivity index (χ0) is 12.8. The van der Waals surface area contributed by atoms with E-state index >= 15 is 0 Å². The molecule has 17 heavy (non-hydrogen) atoms. The molecule has 1 saturated heterocycles. The molecule has 2 amide bonds. The minimum absolute atomic E-state index is 0.398. The highest BCUT2D eigenvalue weighted by atomic mass is 16.4. The summed E-state index contributed by atoms with van der Waals surface area (Å²) < 4.78 is 0. The maximum absolute atomic E-state index is 11.7. The van der Waals surface area contributed by atoms with E-state index in [0.29, 0.717) is 19.0 Å². The Hall–Kier alpha value is -1.30. The van der Waals surface area contributed by atoms with Crippen LogP contribution in [0.4, 0.5) is 4.79 Å². The lowest BCUT2D eigenvalue weighted by molar-refractivity contribution is -0.140. The van der Waals surface area contributed by atoms with Crippen LogP contribution in [-0.4, -0.2) is 52.9 Å². The van der Waals surface area contributed by atoms with Gasteiger partial charge in [-0.1, -0.05) is 13.3 Å². The Bertz CT molecular complexity index is 283. The maximum Gasteiger partial charge on any atom is 0.328 e. The summed E-state index contributed by atoms with van der Waals surface area (Å²) in [5.74, 6) is -0.701. The van der Waals surface area contributed by atoms with Gasteiger partial charge in [-0.05, 0) is 18.8 Å². The van der Waals surface area contributed by atoms with Crippen LogP contribution in [0.15, 0.2) is 0 Å². The van der Waals surface area contributed by atoms with Crippen LogP contribution < -0.4 is 5.32 Å². The van der Waals surface area contributed by atoms with Gasteiger partial charge >= 0.3 is 12.0 Å². The second kappa shape index (κ2) is 6.44. The van der Waals surface area contributed by atoms with E-state index in [1.807, 2.05) is 0 Å². The van der Waals surface area contributed by atoms with Gasteiger partial charge in [-0.3, -0.25) is 0 Å². The van der Waals surface area contributed by atoms with E-state index < -0.39 is 24.6 Å². The van der Waals surface area contributed by atoms with Crippen LogP contribution in [0.25, 0.3) is 0 Å². The average Bonchev–Trinajstić information content (AvgIpc) is 2.74.